The Morgan fingerprint density at radius 1 is 1.11 bits per heavy atom. The minimum absolute atomic E-state index is 0. The zero-order chi connectivity index (χ0) is 16.4. The summed E-state index contributed by atoms with van der Waals surface area (Å²) in [4.78, 5) is 9.20. The Labute approximate surface area is 169 Å². The van der Waals surface area contributed by atoms with Crippen LogP contribution in [0, 0.1) is 5.82 Å². The van der Waals surface area contributed by atoms with Crippen LogP contribution in [-0.2, 0) is 6.54 Å². The van der Waals surface area contributed by atoms with Crippen molar-refractivity contribution in [2.24, 2.45) is 0 Å². The molecule has 3 aromatic rings. The Balaban J connectivity index is 0.00000121. The zero-order valence-corrected chi connectivity index (χ0v) is 16.3. The molecule has 4 rings (SSSR count). The maximum atomic E-state index is 13.2. The molecule has 1 fully saturated rings. The summed E-state index contributed by atoms with van der Waals surface area (Å²) in [6.45, 7) is 2.66. The first-order chi connectivity index (χ1) is 11.8. The van der Waals surface area contributed by atoms with Gasteiger partial charge in [0.25, 0.3) is 0 Å². The largest absolute Gasteiger partial charge is 0.412 e. The number of nitrogens with one attached hydrogen (secondary N) is 2. The highest BCUT2D eigenvalue weighted by molar-refractivity contribution is 5.85. The average molecular weight is 416 g/mol. The Morgan fingerprint density at radius 3 is 2.52 bits per heavy atom. The van der Waals surface area contributed by atoms with Crippen molar-refractivity contribution < 1.29 is 9.87 Å². The van der Waals surface area contributed by atoms with Gasteiger partial charge < -0.3 is 16.1 Å². The number of halogens is 3. The molecule has 27 heavy (non-hydrogen) atoms. The third kappa shape index (κ3) is 5.29. The van der Waals surface area contributed by atoms with Gasteiger partial charge in [-0.25, -0.2) is 14.4 Å². The summed E-state index contributed by atoms with van der Waals surface area (Å²) >= 11 is 0. The molecule has 0 amide bonds. The number of nitrogens with zero attached hydrogens (tertiary/aromatic N) is 3. The van der Waals surface area contributed by atoms with Crippen molar-refractivity contribution in [1.82, 2.24) is 19.9 Å². The second-order valence-corrected chi connectivity index (χ2v) is 6.16. The molecule has 4 N–H and O–H groups in total. The standard InChI is InChI=1S/C18H20FN5.2ClH.H2O/c19-14-5-3-13(4-6-14)12-24-17-16(2-1-9-21-17)23-18(24)22-15-7-10-20-11-8-15;;;/h1-6,9,15,20H,7-8,10-12H2,(H,22,23);2*1H;1H2. The summed E-state index contributed by atoms with van der Waals surface area (Å²) < 4.78 is 15.2. The van der Waals surface area contributed by atoms with E-state index in [1.165, 1.54) is 12.1 Å². The summed E-state index contributed by atoms with van der Waals surface area (Å²) in [7, 11) is 0. The molecular weight excluding hydrogens is 392 g/mol. The number of benzene rings is 1. The summed E-state index contributed by atoms with van der Waals surface area (Å²) in [6.07, 6.45) is 3.93. The highest BCUT2D eigenvalue weighted by Gasteiger charge is 2.18. The van der Waals surface area contributed by atoms with Gasteiger partial charge in [0.05, 0.1) is 6.54 Å². The molecule has 1 aliphatic heterocycles. The van der Waals surface area contributed by atoms with E-state index >= 15 is 0 Å². The molecule has 0 spiro atoms. The Hall–Kier alpha value is -1.93. The first-order valence-electron chi connectivity index (χ1n) is 8.32. The zero-order valence-electron chi connectivity index (χ0n) is 14.7. The summed E-state index contributed by atoms with van der Waals surface area (Å²) in [5.74, 6) is 0.611. The SMILES string of the molecule is Cl.Cl.Fc1ccc(Cn2c(NC3CCNCC3)nc3cccnc32)cc1.O. The molecule has 3 heterocycles. The van der Waals surface area contributed by atoms with Crippen LogP contribution >= 0.6 is 24.8 Å². The van der Waals surface area contributed by atoms with Gasteiger partial charge in [0.1, 0.15) is 11.3 Å². The second-order valence-electron chi connectivity index (χ2n) is 6.16. The molecule has 0 radical (unpaired) electrons. The Bertz CT molecular complexity index is 837. The third-order valence-corrected chi connectivity index (χ3v) is 4.43. The van der Waals surface area contributed by atoms with Crippen molar-refractivity contribution in [3.05, 3.63) is 54.0 Å². The van der Waals surface area contributed by atoms with Crippen molar-refractivity contribution in [3.8, 4) is 0 Å². The lowest BCUT2D eigenvalue weighted by atomic mass is 10.1. The van der Waals surface area contributed by atoms with Gasteiger partial charge in [-0.2, -0.15) is 0 Å². The second kappa shape index (κ2) is 10.4. The van der Waals surface area contributed by atoms with Crippen molar-refractivity contribution >= 4 is 41.9 Å². The van der Waals surface area contributed by atoms with E-state index in [0.29, 0.717) is 12.6 Å². The van der Waals surface area contributed by atoms with Crippen LogP contribution in [0.3, 0.4) is 0 Å². The smallest absolute Gasteiger partial charge is 0.205 e. The van der Waals surface area contributed by atoms with Gasteiger partial charge in [0, 0.05) is 12.2 Å². The number of anilines is 1. The third-order valence-electron chi connectivity index (χ3n) is 4.43. The van der Waals surface area contributed by atoms with E-state index in [0.717, 1.165) is 48.6 Å². The number of fused-ring (bicyclic) bond motifs is 1. The minimum Gasteiger partial charge on any atom is -0.412 e. The quantitative estimate of drug-likeness (QED) is 0.685. The molecule has 1 saturated heterocycles. The molecule has 0 unspecified atom stereocenters. The maximum absolute atomic E-state index is 13.2. The van der Waals surface area contributed by atoms with Gasteiger partial charge in [-0.1, -0.05) is 12.1 Å². The van der Waals surface area contributed by atoms with Crippen molar-refractivity contribution in [2.45, 2.75) is 25.4 Å². The van der Waals surface area contributed by atoms with E-state index < -0.39 is 0 Å². The molecule has 0 bridgehead atoms. The van der Waals surface area contributed by atoms with E-state index in [2.05, 4.69) is 20.2 Å². The van der Waals surface area contributed by atoms with Gasteiger partial charge in [-0.05, 0) is 55.8 Å². The Morgan fingerprint density at radius 2 is 1.81 bits per heavy atom. The first-order valence-corrected chi connectivity index (χ1v) is 8.32. The van der Waals surface area contributed by atoms with Crippen LogP contribution in [0.15, 0.2) is 42.6 Å². The summed E-state index contributed by atoms with van der Waals surface area (Å²) in [6, 6.07) is 10.9. The number of aromatic nitrogens is 3. The van der Waals surface area contributed by atoms with Crippen LogP contribution < -0.4 is 10.6 Å². The van der Waals surface area contributed by atoms with Crippen LogP contribution in [-0.4, -0.2) is 39.1 Å². The highest BCUT2D eigenvalue weighted by atomic mass is 35.5. The van der Waals surface area contributed by atoms with E-state index in [1.54, 1.807) is 18.3 Å². The lowest BCUT2D eigenvalue weighted by Gasteiger charge is -2.24. The molecule has 9 heteroatoms. The predicted molar refractivity (Wildman–Crippen MR) is 111 cm³/mol. The molecule has 0 saturated carbocycles. The van der Waals surface area contributed by atoms with Crippen molar-refractivity contribution in [3.63, 3.8) is 0 Å². The van der Waals surface area contributed by atoms with Gasteiger partial charge >= 0.3 is 0 Å². The van der Waals surface area contributed by atoms with Crippen LogP contribution in [0.2, 0.25) is 0 Å². The fourth-order valence-corrected chi connectivity index (χ4v) is 3.14. The summed E-state index contributed by atoms with van der Waals surface area (Å²) in [5.41, 5.74) is 2.74. The molecular formula is C18H24Cl2FN5O. The van der Waals surface area contributed by atoms with Gasteiger partial charge in [0.2, 0.25) is 5.95 Å². The molecule has 1 aromatic carbocycles. The van der Waals surface area contributed by atoms with E-state index in [9.17, 15) is 4.39 Å². The first kappa shape index (κ1) is 23.1. The molecule has 148 valence electrons. The van der Waals surface area contributed by atoms with Crippen LogP contribution in [0.5, 0.6) is 0 Å². The lowest BCUT2D eigenvalue weighted by Crippen LogP contribution is -2.36. The number of hydrogen-bond acceptors (Lipinski definition) is 4. The fourth-order valence-electron chi connectivity index (χ4n) is 3.14. The normalized spacial score (nSPS) is 14.0. The molecule has 2 aromatic heterocycles. The Kier molecular flexibility index (Phi) is 8.92. The number of rotatable bonds is 4. The van der Waals surface area contributed by atoms with Crippen LogP contribution in [0.1, 0.15) is 18.4 Å². The number of hydrogen-bond donors (Lipinski definition) is 2. The molecule has 0 aliphatic carbocycles. The van der Waals surface area contributed by atoms with E-state index in [4.69, 9.17) is 4.98 Å². The van der Waals surface area contributed by atoms with E-state index in [-0.39, 0.29) is 36.1 Å². The monoisotopic (exact) mass is 415 g/mol. The molecule has 0 atom stereocenters. The number of imidazole rings is 1. The maximum Gasteiger partial charge on any atom is 0.205 e. The highest BCUT2D eigenvalue weighted by Crippen LogP contribution is 2.21. The topological polar surface area (TPSA) is 86.3 Å². The minimum atomic E-state index is -0.222. The van der Waals surface area contributed by atoms with Crippen LogP contribution in [0.25, 0.3) is 11.2 Å². The average Bonchev–Trinajstić information content (AvgIpc) is 2.95. The lowest BCUT2D eigenvalue weighted by molar-refractivity contribution is 0.476. The van der Waals surface area contributed by atoms with Crippen molar-refractivity contribution in [1.29, 1.82) is 0 Å². The predicted octanol–water partition coefficient (Wildman–Crippen LogP) is 2.80. The molecule has 6 nitrogen and oxygen atoms in total. The molecule has 1 aliphatic rings. The number of piperidine rings is 1. The van der Waals surface area contributed by atoms with Gasteiger partial charge in [-0.15, -0.1) is 24.8 Å². The van der Waals surface area contributed by atoms with Crippen LogP contribution in [0.4, 0.5) is 10.3 Å². The summed E-state index contributed by atoms with van der Waals surface area (Å²) in [5, 5.41) is 6.94. The van der Waals surface area contributed by atoms with Crippen molar-refractivity contribution in [2.75, 3.05) is 18.4 Å². The fraction of sp³-hybridized carbons (Fsp3) is 0.333. The number of pyridine rings is 1. The van der Waals surface area contributed by atoms with E-state index in [1.807, 2.05) is 12.1 Å². The van der Waals surface area contributed by atoms with Gasteiger partial charge in [-0.3, -0.25) is 4.57 Å². The van der Waals surface area contributed by atoms with Gasteiger partial charge in [0.15, 0.2) is 5.65 Å².